The maximum atomic E-state index is 12.9. The Balaban J connectivity index is 1.57. The van der Waals surface area contributed by atoms with Crippen LogP contribution in [0.1, 0.15) is 50.7 Å². The maximum absolute atomic E-state index is 12.9. The molecule has 7 unspecified atom stereocenters. The van der Waals surface area contributed by atoms with E-state index in [0.717, 1.165) is 35.7 Å². The minimum atomic E-state index is -0.930. The molecule has 5 rings (SSSR count). The predicted octanol–water partition coefficient (Wildman–Crippen LogP) is 4.00. The number of ketones is 1. The molecule has 4 aliphatic rings. The Morgan fingerprint density at radius 3 is 2.55 bits per heavy atom. The van der Waals surface area contributed by atoms with Crippen molar-refractivity contribution in [1.82, 2.24) is 0 Å². The van der Waals surface area contributed by atoms with Gasteiger partial charge in [-0.1, -0.05) is 43.7 Å². The van der Waals surface area contributed by atoms with E-state index in [1.54, 1.807) is 0 Å². The molecule has 4 bridgehead atoms. The van der Waals surface area contributed by atoms with Gasteiger partial charge in [-0.05, 0) is 60.8 Å². The minimum absolute atomic E-state index is 0.0826. The number of carbonyl (C=O) groups is 1. The van der Waals surface area contributed by atoms with Gasteiger partial charge in [-0.2, -0.15) is 0 Å². The highest BCUT2D eigenvalue weighted by Crippen LogP contribution is 2.61. The third-order valence-corrected chi connectivity index (χ3v) is 6.89. The standard InChI is InChI=1S/C20H26O2/c1-2-16-14-8-13-9-15(10-17(13)16)18(11-14)20(22)19(21)12-6-4-3-5-7-12/h3-7,13-19,21H,2,8-11H2,1H3. The normalized spacial score (nSPS) is 40.6. The van der Waals surface area contributed by atoms with Crippen LogP contribution in [-0.4, -0.2) is 10.9 Å². The molecule has 0 amide bonds. The topological polar surface area (TPSA) is 37.3 Å². The van der Waals surface area contributed by atoms with Crippen molar-refractivity contribution >= 4 is 5.78 Å². The maximum Gasteiger partial charge on any atom is 0.169 e. The average molecular weight is 298 g/mol. The van der Waals surface area contributed by atoms with Crippen molar-refractivity contribution in [3.05, 3.63) is 35.9 Å². The van der Waals surface area contributed by atoms with Gasteiger partial charge in [0.15, 0.2) is 5.78 Å². The van der Waals surface area contributed by atoms with Gasteiger partial charge in [0.05, 0.1) is 0 Å². The molecule has 7 atom stereocenters. The first-order valence-electron chi connectivity index (χ1n) is 8.95. The number of aliphatic hydroxyl groups excluding tert-OH is 1. The molecule has 1 aromatic rings. The fraction of sp³-hybridized carbons (Fsp3) is 0.650. The van der Waals surface area contributed by atoms with Crippen LogP contribution in [0.5, 0.6) is 0 Å². The smallest absolute Gasteiger partial charge is 0.169 e. The van der Waals surface area contributed by atoms with Gasteiger partial charge in [-0.25, -0.2) is 0 Å². The number of fused-ring (bicyclic) bond motifs is 1. The van der Waals surface area contributed by atoms with Gasteiger partial charge >= 0.3 is 0 Å². The molecular weight excluding hydrogens is 272 g/mol. The first-order valence-corrected chi connectivity index (χ1v) is 8.95. The molecule has 0 aromatic heterocycles. The van der Waals surface area contributed by atoms with Crippen molar-refractivity contribution in [2.75, 3.05) is 0 Å². The van der Waals surface area contributed by atoms with Crippen LogP contribution in [0.2, 0.25) is 0 Å². The molecule has 118 valence electrons. The lowest BCUT2D eigenvalue weighted by molar-refractivity contribution is -0.133. The SMILES string of the molecule is CCC1C2CC3CC(CC31)C(C(=O)C(O)c1ccccc1)C2. The highest BCUT2D eigenvalue weighted by atomic mass is 16.3. The van der Waals surface area contributed by atoms with Crippen molar-refractivity contribution in [3.8, 4) is 0 Å². The van der Waals surface area contributed by atoms with E-state index in [4.69, 9.17) is 0 Å². The molecule has 4 saturated carbocycles. The van der Waals surface area contributed by atoms with Gasteiger partial charge < -0.3 is 5.11 Å². The van der Waals surface area contributed by atoms with Crippen molar-refractivity contribution in [1.29, 1.82) is 0 Å². The molecule has 1 N–H and O–H groups in total. The second kappa shape index (κ2) is 5.49. The average Bonchev–Trinajstić information content (AvgIpc) is 2.95. The molecule has 0 aliphatic heterocycles. The van der Waals surface area contributed by atoms with Gasteiger partial charge in [-0.3, -0.25) is 4.79 Å². The predicted molar refractivity (Wildman–Crippen MR) is 86.1 cm³/mol. The molecular formula is C20H26O2. The summed E-state index contributed by atoms with van der Waals surface area (Å²) in [5, 5.41) is 10.5. The highest BCUT2D eigenvalue weighted by Gasteiger charge is 2.54. The molecule has 22 heavy (non-hydrogen) atoms. The molecule has 0 saturated heterocycles. The molecule has 1 aromatic carbocycles. The number of hydrogen-bond donors (Lipinski definition) is 1. The lowest BCUT2D eigenvalue weighted by Crippen LogP contribution is -2.28. The summed E-state index contributed by atoms with van der Waals surface area (Å²) in [4.78, 5) is 12.9. The molecule has 4 aliphatic carbocycles. The Morgan fingerprint density at radius 1 is 1.09 bits per heavy atom. The van der Waals surface area contributed by atoms with Gasteiger partial charge in [-0.15, -0.1) is 0 Å². The zero-order chi connectivity index (χ0) is 15.3. The summed E-state index contributed by atoms with van der Waals surface area (Å²) in [6.07, 6.45) is 5.16. The van der Waals surface area contributed by atoms with Gasteiger partial charge in [0, 0.05) is 5.92 Å². The summed E-state index contributed by atoms with van der Waals surface area (Å²) < 4.78 is 0. The van der Waals surface area contributed by atoms with E-state index in [2.05, 4.69) is 6.92 Å². The Hall–Kier alpha value is -1.15. The number of hydrogen-bond acceptors (Lipinski definition) is 2. The first-order chi connectivity index (χ1) is 10.7. The van der Waals surface area contributed by atoms with Crippen LogP contribution in [0.4, 0.5) is 0 Å². The van der Waals surface area contributed by atoms with E-state index in [1.807, 2.05) is 30.3 Å². The van der Waals surface area contributed by atoms with Crippen LogP contribution in [0, 0.1) is 35.5 Å². The van der Waals surface area contributed by atoms with Crippen LogP contribution in [-0.2, 0) is 4.79 Å². The summed E-state index contributed by atoms with van der Waals surface area (Å²) in [6.45, 7) is 2.31. The zero-order valence-electron chi connectivity index (χ0n) is 13.3. The second-order valence-electron chi connectivity index (χ2n) is 7.78. The monoisotopic (exact) mass is 298 g/mol. The van der Waals surface area contributed by atoms with Crippen LogP contribution < -0.4 is 0 Å². The number of benzene rings is 1. The Kier molecular flexibility index (Phi) is 3.60. The minimum Gasteiger partial charge on any atom is -0.381 e. The molecule has 0 radical (unpaired) electrons. The summed E-state index contributed by atoms with van der Waals surface area (Å²) in [5.41, 5.74) is 0.755. The summed E-state index contributed by atoms with van der Waals surface area (Å²) in [7, 11) is 0. The molecule has 2 nitrogen and oxygen atoms in total. The quantitative estimate of drug-likeness (QED) is 0.912. The largest absolute Gasteiger partial charge is 0.381 e. The number of aliphatic hydroxyl groups is 1. The summed E-state index contributed by atoms with van der Waals surface area (Å²) in [5.74, 6) is 4.00. The molecule has 0 spiro atoms. The van der Waals surface area contributed by atoms with Crippen LogP contribution >= 0.6 is 0 Å². The van der Waals surface area contributed by atoms with E-state index < -0.39 is 6.10 Å². The number of Topliss-reactive ketones (excluding diaryl/α,β-unsaturated/α-hetero) is 1. The van der Waals surface area contributed by atoms with E-state index in [9.17, 15) is 9.90 Å². The molecule has 0 heterocycles. The van der Waals surface area contributed by atoms with E-state index in [1.165, 1.54) is 25.7 Å². The van der Waals surface area contributed by atoms with Gasteiger partial charge in [0.1, 0.15) is 6.10 Å². The van der Waals surface area contributed by atoms with E-state index >= 15 is 0 Å². The second-order valence-corrected chi connectivity index (χ2v) is 7.78. The molecule has 4 fully saturated rings. The zero-order valence-corrected chi connectivity index (χ0v) is 13.3. The highest BCUT2D eigenvalue weighted by molar-refractivity contribution is 5.86. The lowest BCUT2D eigenvalue weighted by atomic mass is 9.79. The summed E-state index contributed by atoms with van der Waals surface area (Å²) in [6, 6.07) is 9.45. The fourth-order valence-electron chi connectivity index (χ4n) is 6.02. The van der Waals surface area contributed by atoms with Crippen LogP contribution in [0.3, 0.4) is 0 Å². The van der Waals surface area contributed by atoms with E-state index in [-0.39, 0.29) is 11.7 Å². The Morgan fingerprint density at radius 2 is 1.82 bits per heavy atom. The lowest BCUT2D eigenvalue weighted by Gasteiger charge is -2.25. The van der Waals surface area contributed by atoms with Crippen molar-refractivity contribution in [2.24, 2.45) is 35.5 Å². The van der Waals surface area contributed by atoms with Crippen molar-refractivity contribution in [3.63, 3.8) is 0 Å². The van der Waals surface area contributed by atoms with Crippen LogP contribution in [0.25, 0.3) is 0 Å². The summed E-state index contributed by atoms with van der Waals surface area (Å²) >= 11 is 0. The van der Waals surface area contributed by atoms with E-state index in [0.29, 0.717) is 5.92 Å². The first kappa shape index (κ1) is 14.4. The Labute approximate surface area is 132 Å². The van der Waals surface area contributed by atoms with Gasteiger partial charge in [0.2, 0.25) is 0 Å². The van der Waals surface area contributed by atoms with Crippen molar-refractivity contribution < 1.29 is 9.90 Å². The number of rotatable bonds is 4. The fourth-order valence-corrected chi connectivity index (χ4v) is 6.02. The van der Waals surface area contributed by atoms with Gasteiger partial charge in [0.25, 0.3) is 0 Å². The van der Waals surface area contributed by atoms with Crippen LogP contribution in [0.15, 0.2) is 30.3 Å². The number of carbonyl (C=O) groups excluding carboxylic acids is 1. The molecule has 2 heteroatoms. The van der Waals surface area contributed by atoms with Crippen molar-refractivity contribution in [2.45, 2.75) is 45.1 Å². The third kappa shape index (κ3) is 2.15. The Bertz CT molecular complexity index is 552. The third-order valence-electron chi connectivity index (χ3n) is 6.89.